The summed E-state index contributed by atoms with van der Waals surface area (Å²) < 4.78 is 0. The van der Waals surface area contributed by atoms with Gasteiger partial charge >= 0.3 is 0 Å². The maximum Gasteiger partial charge on any atom is -0.0320 e. The molecule has 0 fully saturated rings. The zero-order valence-electron chi connectivity index (χ0n) is 55.7. The number of rotatable bonds is 38. The summed E-state index contributed by atoms with van der Waals surface area (Å²) in [5, 5.41) is 0. The molecule has 0 amide bonds. The summed E-state index contributed by atoms with van der Waals surface area (Å²) in [4.78, 5) is 0. The van der Waals surface area contributed by atoms with Crippen LogP contribution in [0.3, 0.4) is 0 Å². The van der Waals surface area contributed by atoms with Crippen molar-refractivity contribution in [2.75, 3.05) is 0 Å². The molecule has 440 valence electrons. The van der Waals surface area contributed by atoms with Crippen LogP contribution in [0.15, 0.2) is 23.8 Å². The summed E-state index contributed by atoms with van der Waals surface area (Å²) in [6.45, 7) is 49.3. The molecular formula is C71H156. The third kappa shape index (κ3) is 135. The second-order valence-corrected chi connectivity index (χ2v) is 21.7. The molecule has 1 atom stereocenters. The summed E-state index contributed by atoms with van der Waals surface area (Å²) in [5.41, 5.74) is 2.25. The molecule has 0 nitrogen and oxygen atoms in total. The van der Waals surface area contributed by atoms with E-state index in [4.69, 9.17) is 0 Å². The van der Waals surface area contributed by atoms with Gasteiger partial charge in [0.25, 0.3) is 0 Å². The van der Waals surface area contributed by atoms with Crippen LogP contribution in [0, 0.1) is 11.3 Å². The highest BCUT2D eigenvalue weighted by molar-refractivity contribution is 5.00. The number of allylic oxidation sites excluding steroid dienone is 4. The Balaban J connectivity index is -0.0000000894. The highest BCUT2D eigenvalue weighted by Gasteiger charge is 2.09. The van der Waals surface area contributed by atoms with Crippen LogP contribution in [0.2, 0.25) is 0 Å². The third-order valence-corrected chi connectivity index (χ3v) is 13.3. The molecule has 0 aromatic rings. The summed E-state index contributed by atoms with van der Waals surface area (Å²) >= 11 is 0. The molecule has 0 bridgehead atoms. The minimum absolute atomic E-state index is 0.583. The van der Waals surface area contributed by atoms with E-state index in [2.05, 4.69) is 164 Å². The van der Waals surface area contributed by atoms with E-state index in [1.54, 1.807) is 5.57 Å². The SMILES string of the molecule is C/C=C/CC.CC/C=C(/CC)CCCC(C)CCC.CCC(C)(C)CC.CCCC.CCCCC.CCCCCC.CCCCCCCC.CCCCCCCCCC.CCCCCCCCCCCC. The van der Waals surface area contributed by atoms with E-state index in [1.807, 2.05) is 6.92 Å². The molecule has 0 spiro atoms. The van der Waals surface area contributed by atoms with E-state index in [1.165, 1.54) is 270 Å². The fourth-order valence-electron chi connectivity index (χ4n) is 6.99. The van der Waals surface area contributed by atoms with Crippen molar-refractivity contribution in [1.82, 2.24) is 0 Å². The van der Waals surface area contributed by atoms with Crippen molar-refractivity contribution in [3.63, 3.8) is 0 Å². The maximum atomic E-state index is 2.41. The Labute approximate surface area is 461 Å². The Bertz CT molecular complexity index is 731. The molecule has 0 rings (SSSR count). The molecule has 0 aliphatic rings. The predicted molar refractivity (Wildman–Crippen MR) is 347 cm³/mol. The van der Waals surface area contributed by atoms with Gasteiger partial charge in [-0.05, 0) is 50.4 Å². The van der Waals surface area contributed by atoms with Crippen LogP contribution >= 0.6 is 0 Å². The van der Waals surface area contributed by atoms with Crippen LogP contribution in [0.4, 0.5) is 0 Å². The number of hydrogen-bond acceptors (Lipinski definition) is 0. The van der Waals surface area contributed by atoms with Gasteiger partial charge in [-0.15, -0.1) is 0 Å². The van der Waals surface area contributed by atoms with Crippen molar-refractivity contribution < 1.29 is 0 Å². The van der Waals surface area contributed by atoms with Crippen LogP contribution in [-0.2, 0) is 0 Å². The highest BCUT2D eigenvalue weighted by atomic mass is 14.2. The first-order valence-corrected chi connectivity index (χ1v) is 33.6. The Hall–Kier alpha value is -0.520. The van der Waals surface area contributed by atoms with Crippen molar-refractivity contribution in [2.45, 2.75) is 428 Å². The van der Waals surface area contributed by atoms with Gasteiger partial charge in [0.2, 0.25) is 0 Å². The first-order valence-electron chi connectivity index (χ1n) is 33.6. The van der Waals surface area contributed by atoms with Crippen LogP contribution in [0.25, 0.3) is 0 Å². The molecule has 0 heteroatoms. The molecule has 0 aliphatic heterocycles. The quantitative estimate of drug-likeness (QED) is 0.0427. The second-order valence-electron chi connectivity index (χ2n) is 21.7. The van der Waals surface area contributed by atoms with Gasteiger partial charge < -0.3 is 0 Å². The van der Waals surface area contributed by atoms with Crippen molar-refractivity contribution in [1.29, 1.82) is 0 Å². The van der Waals surface area contributed by atoms with Gasteiger partial charge in [0.1, 0.15) is 0 Å². The van der Waals surface area contributed by atoms with Crippen LogP contribution in [0.1, 0.15) is 428 Å². The standard InChI is InChI=1S/C14H28.C12H26.C10H22.C8H18.C7H16.C6H14.C5H12.C5H10.C4H10/c1-5-9-13(4)11-8-12-14(7-3)10-6-2;1-3-5-7-9-11-12-10-8-6-4-2;1-3-5-7-9-10-8-6-4-2;1-3-5-7-8-6-4-2;1-5-7(3,4)6-2;1-3-5-6-4-2;2*1-3-5-4-2;1-3-4-2/h10,13H,5-9,11-12H2,1-4H3;3-12H2,1-2H3;3-10H2,1-2H3;3-8H2,1-2H3;5-6H2,1-4H3;3-6H2,1-2H3;3-5H2,1-2H3;3,5H,4H2,1-2H3;3-4H2,1-2H3/b14-10-;;;;;;;5-3+;. The monoisotopic (exact) mass is 1010 g/mol. The second kappa shape index (κ2) is 98.6. The van der Waals surface area contributed by atoms with Gasteiger partial charge in [0, 0.05) is 0 Å². The van der Waals surface area contributed by atoms with E-state index >= 15 is 0 Å². The Morgan fingerprint density at radius 2 is 0.606 bits per heavy atom. The average Bonchev–Trinajstić information content (AvgIpc) is 3.38. The van der Waals surface area contributed by atoms with E-state index in [0.717, 1.165) is 12.3 Å². The van der Waals surface area contributed by atoms with Crippen molar-refractivity contribution in [3.8, 4) is 0 Å². The fourth-order valence-corrected chi connectivity index (χ4v) is 6.99. The molecule has 0 aliphatic carbocycles. The normalized spacial score (nSPS) is 10.8. The number of hydrogen-bond donors (Lipinski definition) is 0. The lowest BCUT2D eigenvalue weighted by atomic mass is 9.88. The molecule has 0 aromatic heterocycles. The number of unbranched alkanes of at least 4 members (excludes halogenated alkanes) is 27. The Kier molecular flexibility index (Phi) is 125. The highest BCUT2D eigenvalue weighted by Crippen LogP contribution is 2.23. The summed E-state index contributed by atoms with van der Waals surface area (Å²) in [7, 11) is 0. The van der Waals surface area contributed by atoms with Crippen molar-refractivity contribution >= 4 is 0 Å². The van der Waals surface area contributed by atoms with Crippen LogP contribution < -0.4 is 0 Å². The molecule has 0 saturated carbocycles. The van der Waals surface area contributed by atoms with Crippen LogP contribution in [0.5, 0.6) is 0 Å². The first-order chi connectivity index (χ1) is 34.3. The van der Waals surface area contributed by atoms with E-state index in [0.29, 0.717) is 5.41 Å². The van der Waals surface area contributed by atoms with E-state index in [9.17, 15) is 0 Å². The van der Waals surface area contributed by atoms with Gasteiger partial charge in [0.05, 0.1) is 0 Å². The summed E-state index contributed by atoms with van der Waals surface area (Å²) in [6, 6.07) is 0. The van der Waals surface area contributed by atoms with Gasteiger partial charge in [-0.2, -0.15) is 0 Å². The van der Waals surface area contributed by atoms with Gasteiger partial charge in [-0.3, -0.25) is 0 Å². The van der Waals surface area contributed by atoms with Crippen molar-refractivity contribution in [3.05, 3.63) is 23.8 Å². The van der Waals surface area contributed by atoms with Crippen LogP contribution in [-0.4, -0.2) is 0 Å². The van der Waals surface area contributed by atoms with E-state index in [-0.39, 0.29) is 0 Å². The largest absolute Gasteiger partial charge is 0.0917 e. The molecule has 0 aromatic carbocycles. The molecular weight excluding hydrogens is 853 g/mol. The molecule has 1 unspecified atom stereocenters. The van der Waals surface area contributed by atoms with Crippen molar-refractivity contribution in [2.24, 2.45) is 11.3 Å². The predicted octanol–water partition coefficient (Wildman–Crippen LogP) is 29.2. The van der Waals surface area contributed by atoms with E-state index < -0.39 is 0 Å². The minimum Gasteiger partial charge on any atom is -0.0917 e. The first kappa shape index (κ1) is 90.0. The van der Waals surface area contributed by atoms with Gasteiger partial charge in [0.15, 0.2) is 0 Å². The lowest BCUT2D eigenvalue weighted by Gasteiger charge is -2.18. The average molecular weight is 1010 g/mol. The van der Waals surface area contributed by atoms with Gasteiger partial charge in [-0.1, -0.05) is 413 Å². The molecule has 0 heterocycles. The lowest BCUT2D eigenvalue weighted by molar-refractivity contribution is 0.338. The topological polar surface area (TPSA) is 0 Å². The molecule has 0 saturated heterocycles. The lowest BCUT2D eigenvalue weighted by Crippen LogP contribution is -2.05. The smallest absolute Gasteiger partial charge is 0.0320 e. The maximum absolute atomic E-state index is 2.41. The summed E-state index contributed by atoms with van der Waals surface area (Å²) in [6.07, 6.45) is 66.3. The molecule has 0 N–H and O–H groups in total. The Morgan fingerprint density at radius 1 is 0.324 bits per heavy atom. The fraction of sp³-hybridized carbons (Fsp3) is 0.944. The zero-order valence-corrected chi connectivity index (χ0v) is 55.7. The Morgan fingerprint density at radius 3 is 0.761 bits per heavy atom. The molecule has 71 heavy (non-hydrogen) atoms. The zero-order chi connectivity index (χ0) is 56.2. The third-order valence-electron chi connectivity index (χ3n) is 13.3. The summed E-state index contributed by atoms with van der Waals surface area (Å²) in [5.74, 6) is 0.930. The minimum atomic E-state index is 0.583. The van der Waals surface area contributed by atoms with Gasteiger partial charge in [-0.25, -0.2) is 0 Å². The molecule has 0 radical (unpaired) electrons.